The third-order valence-electron chi connectivity index (χ3n) is 2.82. The van der Waals surface area contributed by atoms with E-state index in [0.29, 0.717) is 11.1 Å². The van der Waals surface area contributed by atoms with Crippen molar-refractivity contribution in [2.24, 2.45) is 0 Å². The van der Waals surface area contributed by atoms with Crippen molar-refractivity contribution in [2.75, 3.05) is 7.11 Å². The molecule has 23 heavy (non-hydrogen) atoms. The van der Waals surface area contributed by atoms with E-state index in [2.05, 4.69) is 10.1 Å². The highest BCUT2D eigenvalue weighted by molar-refractivity contribution is 5.82. The van der Waals surface area contributed by atoms with Gasteiger partial charge in [0, 0.05) is 0 Å². The highest BCUT2D eigenvalue weighted by Crippen LogP contribution is 2.19. The number of ether oxygens (including phenoxy) is 2. The third-order valence-corrected chi connectivity index (χ3v) is 2.82. The average molecular weight is 320 g/mol. The van der Waals surface area contributed by atoms with E-state index in [-0.39, 0.29) is 0 Å². The highest BCUT2D eigenvalue weighted by atomic mass is 16.6. The Balaban J connectivity index is 2.94. The minimum absolute atomic E-state index is 0.357. The molecule has 124 valence electrons. The Kier molecular flexibility index (Phi) is 6.10. The van der Waals surface area contributed by atoms with E-state index in [1.807, 2.05) is 6.07 Å². The minimum atomic E-state index is -1.34. The van der Waals surface area contributed by atoms with Crippen LogP contribution >= 0.6 is 0 Å². The first-order chi connectivity index (χ1) is 10.7. The maximum atomic E-state index is 11.8. The van der Waals surface area contributed by atoms with E-state index in [1.165, 1.54) is 24.3 Å². The second kappa shape index (κ2) is 7.61. The molecule has 0 fully saturated rings. The molecule has 0 aliphatic rings. The maximum absolute atomic E-state index is 11.8. The van der Waals surface area contributed by atoms with Gasteiger partial charge in [0.05, 0.1) is 18.7 Å². The Hall–Kier alpha value is -2.59. The Morgan fingerprint density at radius 1 is 1.26 bits per heavy atom. The Morgan fingerprint density at radius 3 is 2.26 bits per heavy atom. The molecule has 0 aliphatic carbocycles. The molecule has 1 aromatic carbocycles. The largest absolute Gasteiger partial charge is 0.467 e. The SMILES string of the molecule is COC(=O)[C@@H](NC(=O)OC(C)(C)C)[C@H](O)c1ccc(C#N)cc1. The van der Waals surface area contributed by atoms with Crippen LogP contribution in [-0.4, -0.2) is 35.9 Å². The smallest absolute Gasteiger partial charge is 0.408 e. The van der Waals surface area contributed by atoms with E-state index in [1.54, 1.807) is 20.8 Å². The van der Waals surface area contributed by atoms with Crippen LogP contribution < -0.4 is 5.32 Å². The summed E-state index contributed by atoms with van der Waals surface area (Å²) in [7, 11) is 1.15. The second-order valence-corrected chi connectivity index (χ2v) is 5.83. The number of rotatable bonds is 4. The summed E-state index contributed by atoms with van der Waals surface area (Å²) >= 11 is 0. The molecule has 0 radical (unpaired) electrons. The lowest BCUT2D eigenvalue weighted by molar-refractivity contribution is -0.146. The van der Waals surface area contributed by atoms with E-state index in [9.17, 15) is 14.7 Å². The number of amides is 1. The molecule has 0 aliphatic heterocycles. The fraction of sp³-hybridized carbons (Fsp3) is 0.438. The number of aliphatic hydroxyl groups is 1. The number of nitrogens with one attached hydrogen (secondary N) is 1. The van der Waals surface area contributed by atoms with Gasteiger partial charge >= 0.3 is 12.1 Å². The van der Waals surface area contributed by atoms with Crippen molar-refractivity contribution in [1.29, 1.82) is 5.26 Å². The lowest BCUT2D eigenvalue weighted by Gasteiger charge is -2.25. The van der Waals surface area contributed by atoms with Crippen LogP contribution in [0.15, 0.2) is 24.3 Å². The normalized spacial score (nSPS) is 13.4. The molecule has 1 aromatic rings. The number of alkyl carbamates (subject to hydrolysis) is 1. The van der Waals surface area contributed by atoms with E-state index in [4.69, 9.17) is 10.00 Å². The summed E-state index contributed by atoms with van der Waals surface area (Å²) in [6.45, 7) is 5.03. The van der Waals surface area contributed by atoms with E-state index >= 15 is 0 Å². The number of nitriles is 1. The summed E-state index contributed by atoms with van der Waals surface area (Å²) in [5.74, 6) is -0.812. The number of benzene rings is 1. The first-order valence-corrected chi connectivity index (χ1v) is 6.93. The number of hydrogen-bond acceptors (Lipinski definition) is 6. The number of carbonyl (C=O) groups is 2. The third kappa shape index (κ3) is 5.60. The number of carbonyl (C=O) groups excluding carboxylic acids is 2. The van der Waals surface area contributed by atoms with Crippen molar-refractivity contribution in [2.45, 2.75) is 38.5 Å². The monoisotopic (exact) mass is 320 g/mol. The van der Waals surface area contributed by atoms with Crippen LogP contribution in [0.2, 0.25) is 0 Å². The standard InChI is InChI=1S/C16H20N2O5/c1-16(2,3)23-15(21)18-12(14(20)22-4)13(19)11-7-5-10(9-17)6-8-11/h5-8,12-13,19H,1-4H3,(H,18,21)/t12-,13+/m0/s1. The Labute approximate surface area is 134 Å². The zero-order valence-corrected chi connectivity index (χ0v) is 13.5. The van der Waals surface area contributed by atoms with Crippen molar-refractivity contribution < 1.29 is 24.2 Å². The molecule has 7 nitrogen and oxygen atoms in total. The van der Waals surface area contributed by atoms with Gasteiger partial charge in [0.15, 0.2) is 6.04 Å². The van der Waals surface area contributed by atoms with Crippen LogP contribution in [0.4, 0.5) is 4.79 Å². The molecule has 1 amide bonds. The zero-order chi connectivity index (χ0) is 17.6. The van der Waals surface area contributed by atoms with Gasteiger partial charge in [-0.25, -0.2) is 9.59 Å². The molecule has 0 bridgehead atoms. The summed E-state index contributed by atoms with van der Waals surface area (Å²) in [6, 6.07) is 6.61. The number of methoxy groups -OCH3 is 1. The molecular weight excluding hydrogens is 300 g/mol. The lowest BCUT2D eigenvalue weighted by Crippen LogP contribution is -2.47. The fourth-order valence-corrected chi connectivity index (χ4v) is 1.78. The van der Waals surface area contributed by atoms with Gasteiger partial charge in [-0.15, -0.1) is 0 Å². The average Bonchev–Trinajstić information content (AvgIpc) is 2.49. The van der Waals surface area contributed by atoms with Gasteiger partial charge in [-0.1, -0.05) is 12.1 Å². The van der Waals surface area contributed by atoms with Gasteiger partial charge in [0.25, 0.3) is 0 Å². The molecule has 7 heteroatoms. The molecule has 0 unspecified atom stereocenters. The van der Waals surface area contributed by atoms with Crippen molar-refractivity contribution in [1.82, 2.24) is 5.32 Å². The van der Waals surface area contributed by atoms with Gasteiger partial charge in [0.2, 0.25) is 0 Å². The Morgan fingerprint density at radius 2 is 1.83 bits per heavy atom. The molecular formula is C16H20N2O5. The summed E-state index contributed by atoms with van der Waals surface area (Å²) in [5, 5.41) is 21.4. The second-order valence-electron chi connectivity index (χ2n) is 5.83. The van der Waals surface area contributed by atoms with Crippen LogP contribution in [0.5, 0.6) is 0 Å². The van der Waals surface area contributed by atoms with Crippen LogP contribution in [0, 0.1) is 11.3 Å². The minimum Gasteiger partial charge on any atom is -0.467 e. The topological polar surface area (TPSA) is 109 Å². The van der Waals surface area contributed by atoms with Crippen molar-refractivity contribution >= 4 is 12.1 Å². The van der Waals surface area contributed by atoms with Crippen molar-refractivity contribution in [3.63, 3.8) is 0 Å². The molecule has 0 saturated carbocycles. The fourth-order valence-electron chi connectivity index (χ4n) is 1.78. The van der Waals surface area contributed by atoms with Crippen LogP contribution in [0.3, 0.4) is 0 Å². The predicted molar refractivity (Wildman–Crippen MR) is 81.3 cm³/mol. The molecule has 0 saturated heterocycles. The molecule has 2 N–H and O–H groups in total. The highest BCUT2D eigenvalue weighted by Gasteiger charge is 2.32. The van der Waals surface area contributed by atoms with Gasteiger partial charge in [-0.2, -0.15) is 5.26 Å². The number of nitrogens with zero attached hydrogens (tertiary/aromatic N) is 1. The maximum Gasteiger partial charge on any atom is 0.408 e. The summed E-state index contributed by atoms with van der Waals surface area (Å²) in [5.41, 5.74) is 0.0237. The molecule has 0 spiro atoms. The van der Waals surface area contributed by atoms with E-state index in [0.717, 1.165) is 7.11 Å². The van der Waals surface area contributed by atoms with Crippen LogP contribution in [0.1, 0.15) is 38.0 Å². The number of aliphatic hydroxyl groups excluding tert-OH is 1. The zero-order valence-electron chi connectivity index (χ0n) is 13.5. The number of esters is 1. The molecule has 1 rings (SSSR count). The quantitative estimate of drug-likeness (QED) is 0.817. The Bertz CT molecular complexity index is 598. The van der Waals surface area contributed by atoms with Gasteiger partial charge in [-0.3, -0.25) is 0 Å². The first-order valence-electron chi connectivity index (χ1n) is 6.93. The predicted octanol–water partition coefficient (Wildman–Crippen LogP) is 1.66. The van der Waals surface area contributed by atoms with Gasteiger partial charge in [0.1, 0.15) is 11.7 Å². The van der Waals surface area contributed by atoms with Crippen LogP contribution in [0.25, 0.3) is 0 Å². The molecule has 2 atom stereocenters. The van der Waals surface area contributed by atoms with Crippen molar-refractivity contribution in [3.05, 3.63) is 35.4 Å². The van der Waals surface area contributed by atoms with Crippen molar-refractivity contribution in [3.8, 4) is 6.07 Å². The van der Waals surface area contributed by atoms with Crippen LogP contribution in [-0.2, 0) is 14.3 Å². The summed E-state index contributed by atoms with van der Waals surface area (Å²) in [6.07, 6.45) is -2.19. The summed E-state index contributed by atoms with van der Waals surface area (Å²) < 4.78 is 9.68. The van der Waals surface area contributed by atoms with E-state index < -0.39 is 29.8 Å². The molecule has 0 aromatic heterocycles. The first kappa shape index (κ1) is 18.5. The summed E-state index contributed by atoms with van der Waals surface area (Å²) in [4.78, 5) is 23.7. The van der Waals surface area contributed by atoms with Gasteiger partial charge < -0.3 is 19.9 Å². The molecule has 0 heterocycles. The number of hydrogen-bond donors (Lipinski definition) is 2. The van der Waals surface area contributed by atoms with Gasteiger partial charge in [-0.05, 0) is 38.5 Å². The lowest BCUT2D eigenvalue weighted by atomic mass is 10.0.